The van der Waals surface area contributed by atoms with Gasteiger partial charge in [-0.05, 0) is 242 Å². The van der Waals surface area contributed by atoms with Crippen molar-refractivity contribution in [2.24, 2.45) is 0 Å². The number of hydrogen-bond acceptors (Lipinski definition) is 2. The topological polar surface area (TPSA) is 6.48 Å². The van der Waals surface area contributed by atoms with E-state index in [0.717, 1.165) is 34.1 Å². The van der Waals surface area contributed by atoms with Gasteiger partial charge < -0.3 is 9.80 Å². The summed E-state index contributed by atoms with van der Waals surface area (Å²) in [5.74, 6) is 0. The van der Waals surface area contributed by atoms with Crippen LogP contribution in [0, 0.1) is 69.2 Å². The Labute approximate surface area is 463 Å². The van der Waals surface area contributed by atoms with Crippen LogP contribution in [0.25, 0.3) is 66.8 Å². The van der Waals surface area contributed by atoms with Crippen LogP contribution in [0.3, 0.4) is 0 Å². The van der Waals surface area contributed by atoms with E-state index in [0.29, 0.717) is 0 Å². The molecule has 2 nitrogen and oxygen atoms in total. The molecule has 0 fully saturated rings. The number of aryl methyl sites for hydroxylation is 10. The molecule has 0 saturated carbocycles. The lowest BCUT2D eigenvalue weighted by Gasteiger charge is -2.28. The molecule has 382 valence electrons. The molecule has 0 N–H and O–H groups in total. The molecule has 0 unspecified atom stereocenters. The van der Waals surface area contributed by atoms with Crippen molar-refractivity contribution in [1.82, 2.24) is 0 Å². The van der Waals surface area contributed by atoms with Crippen LogP contribution in [0.5, 0.6) is 0 Å². The zero-order valence-electron chi connectivity index (χ0n) is 46.8. The Morgan fingerprint density at radius 1 is 0.167 bits per heavy atom. The lowest BCUT2D eigenvalue weighted by atomic mass is 9.88. The Bertz CT molecular complexity index is 3690. The summed E-state index contributed by atoms with van der Waals surface area (Å²) in [7, 11) is 0. The molecule has 0 radical (unpaired) electrons. The first kappa shape index (κ1) is 51.1. The van der Waals surface area contributed by atoms with Gasteiger partial charge in [0.2, 0.25) is 0 Å². The molecule has 78 heavy (non-hydrogen) atoms. The second kappa shape index (κ2) is 21.6. The predicted molar refractivity (Wildman–Crippen MR) is 336 cm³/mol. The molecule has 0 aliphatic carbocycles. The predicted octanol–water partition coefficient (Wildman–Crippen LogP) is 21.7. The Kier molecular flexibility index (Phi) is 14.1. The van der Waals surface area contributed by atoms with Crippen molar-refractivity contribution in [3.63, 3.8) is 0 Å². The molecule has 0 aromatic heterocycles. The summed E-state index contributed by atoms with van der Waals surface area (Å²) in [6.07, 6.45) is 0. The molecule has 0 aliphatic rings. The van der Waals surface area contributed by atoms with Gasteiger partial charge in [0.05, 0.1) is 0 Å². The quantitative estimate of drug-likeness (QED) is 0.120. The highest BCUT2D eigenvalue weighted by Gasteiger charge is 2.20. The van der Waals surface area contributed by atoms with Crippen LogP contribution >= 0.6 is 0 Å². The minimum atomic E-state index is 1.11. The molecule has 0 saturated heterocycles. The van der Waals surface area contributed by atoms with Gasteiger partial charge >= 0.3 is 0 Å². The van der Waals surface area contributed by atoms with E-state index in [-0.39, 0.29) is 0 Å². The molecule has 11 rings (SSSR count). The lowest BCUT2D eigenvalue weighted by Crippen LogP contribution is -2.11. The normalized spacial score (nSPS) is 11.2. The molecule has 0 amide bonds. The first-order valence-corrected chi connectivity index (χ1v) is 27.4. The summed E-state index contributed by atoms with van der Waals surface area (Å²) in [5.41, 5.74) is 34.0. The molecule has 0 aliphatic heterocycles. The van der Waals surface area contributed by atoms with E-state index in [2.05, 4.69) is 310 Å². The number of nitrogens with zero attached hydrogens (tertiary/aromatic N) is 2. The highest BCUT2D eigenvalue weighted by Crippen LogP contribution is 2.44. The summed E-state index contributed by atoms with van der Waals surface area (Å²) < 4.78 is 0. The fourth-order valence-corrected chi connectivity index (χ4v) is 11.3. The number of rotatable bonds is 12. The third-order valence-corrected chi connectivity index (χ3v) is 15.8. The Hall–Kier alpha value is -8.98. The van der Waals surface area contributed by atoms with E-state index in [9.17, 15) is 0 Å². The van der Waals surface area contributed by atoms with Crippen molar-refractivity contribution in [2.45, 2.75) is 69.2 Å². The summed E-state index contributed by atoms with van der Waals surface area (Å²) in [6, 6.07) is 85.8. The highest BCUT2D eigenvalue weighted by atomic mass is 15.1. The molecule has 0 heterocycles. The van der Waals surface area contributed by atoms with Gasteiger partial charge in [-0.25, -0.2) is 0 Å². The molecule has 0 atom stereocenters. The van der Waals surface area contributed by atoms with E-state index >= 15 is 0 Å². The van der Waals surface area contributed by atoms with Gasteiger partial charge in [0.1, 0.15) is 0 Å². The standard InChI is InChI=1S/C76H68N2/c1-49-11-19-59(20-12-49)61-27-31-65(32-28-61)77(67-35-39-71(53(5)43-67)63-23-15-51(3)16-24-63)69-37-41-73(55(7)45-69)75-47-58(10)76(48-57(75)9)74-42-38-70(46-56(74)8)78(66-33-29-62(30-34-66)60-21-13-50(2)14-22-60)68-36-40-72(54(6)44-68)64-25-17-52(4)18-26-64/h11-48H,1-10H3. The van der Waals surface area contributed by atoms with Crippen molar-refractivity contribution in [3.8, 4) is 66.8 Å². The summed E-state index contributed by atoms with van der Waals surface area (Å²) >= 11 is 0. The maximum Gasteiger partial charge on any atom is 0.0464 e. The van der Waals surface area contributed by atoms with Crippen LogP contribution in [0.4, 0.5) is 34.1 Å². The first-order chi connectivity index (χ1) is 37.7. The van der Waals surface area contributed by atoms with E-state index in [1.807, 2.05) is 0 Å². The average Bonchev–Trinajstić information content (AvgIpc) is 3.56. The second-order valence-corrected chi connectivity index (χ2v) is 21.7. The Morgan fingerprint density at radius 3 is 0.628 bits per heavy atom. The van der Waals surface area contributed by atoms with Gasteiger partial charge in [-0.1, -0.05) is 180 Å². The maximum absolute atomic E-state index is 2.40. The van der Waals surface area contributed by atoms with Crippen molar-refractivity contribution in [1.29, 1.82) is 0 Å². The molecule has 11 aromatic rings. The second-order valence-electron chi connectivity index (χ2n) is 21.7. The molecular weight excluding hydrogens is 941 g/mol. The monoisotopic (exact) mass is 1010 g/mol. The van der Waals surface area contributed by atoms with Crippen LogP contribution in [-0.2, 0) is 0 Å². The zero-order chi connectivity index (χ0) is 54.2. The van der Waals surface area contributed by atoms with Crippen molar-refractivity contribution in [3.05, 3.63) is 286 Å². The number of benzene rings is 11. The third-order valence-electron chi connectivity index (χ3n) is 15.8. The van der Waals surface area contributed by atoms with E-state index < -0.39 is 0 Å². The molecule has 2 heteroatoms. The minimum absolute atomic E-state index is 1.11. The number of anilines is 6. The lowest BCUT2D eigenvalue weighted by molar-refractivity contribution is 1.25. The first-order valence-electron chi connectivity index (χ1n) is 27.4. The summed E-state index contributed by atoms with van der Waals surface area (Å²) in [6.45, 7) is 22.1. The highest BCUT2D eigenvalue weighted by molar-refractivity contribution is 5.87. The van der Waals surface area contributed by atoms with Crippen LogP contribution in [-0.4, -0.2) is 0 Å². The van der Waals surface area contributed by atoms with E-state index in [4.69, 9.17) is 0 Å². The number of hydrogen-bond donors (Lipinski definition) is 0. The molecule has 0 bridgehead atoms. The van der Waals surface area contributed by atoms with Crippen molar-refractivity contribution < 1.29 is 0 Å². The van der Waals surface area contributed by atoms with Crippen molar-refractivity contribution >= 4 is 34.1 Å². The van der Waals surface area contributed by atoms with Gasteiger partial charge in [-0.3, -0.25) is 0 Å². The SMILES string of the molecule is Cc1ccc(-c2ccc(N(c3ccc(-c4ccc(C)cc4)c(C)c3)c3ccc(-c4cc(C)c(-c5ccc(N(c6ccc(-c7ccc(C)cc7)cc6)c6ccc(-c7ccc(C)cc7)c(C)c6)cc5C)cc4C)c(C)c3)cc2)cc1. The average molecular weight is 1010 g/mol. The Morgan fingerprint density at radius 2 is 0.372 bits per heavy atom. The molecule has 0 spiro atoms. The fraction of sp³-hybridized carbons (Fsp3) is 0.132. The van der Waals surface area contributed by atoms with Gasteiger partial charge in [0.25, 0.3) is 0 Å². The third kappa shape index (κ3) is 10.5. The van der Waals surface area contributed by atoms with Gasteiger partial charge in [0, 0.05) is 34.1 Å². The van der Waals surface area contributed by atoms with Gasteiger partial charge in [-0.2, -0.15) is 0 Å². The largest absolute Gasteiger partial charge is 0.310 e. The van der Waals surface area contributed by atoms with E-state index in [1.165, 1.54) is 122 Å². The van der Waals surface area contributed by atoms with Crippen LogP contribution in [0.15, 0.2) is 231 Å². The summed E-state index contributed by atoms with van der Waals surface area (Å²) in [5, 5.41) is 0. The smallest absolute Gasteiger partial charge is 0.0464 e. The van der Waals surface area contributed by atoms with Crippen LogP contribution in [0.2, 0.25) is 0 Å². The van der Waals surface area contributed by atoms with Gasteiger partial charge in [-0.15, -0.1) is 0 Å². The molecular formula is C76H68N2. The zero-order valence-corrected chi connectivity index (χ0v) is 46.8. The maximum atomic E-state index is 2.40. The van der Waals surface area contributed by atoms with Crippen LogP contribution in [0.1, 0.15) is 55.6 Å². The van der Waals surface area contributed by atoms with E-state index in [1.54, 1.807) is 0 Å². The summed E-state index contributed by atoms with van der Waals surface area (Å²) in [4.78, 5) is 4.80. The minimum Gasteiger partial charge on any atom is -0.310 e. The fourth-order valence-electron chi connectivity index (χ4n) is 11.3. The Balaban J connectivity index is 0.922. The molecule has 11 aromatic carbocycles. The van der Waals surface area contributed by atoms with Gasteiger partial charge in [0.15, 0.2) is 0 Å². The van der Waals surface area contributed by atoms with Crippen molar-refractivity contribution in [2.75, 3.05) is 9.80 Å². The van der Waals surface area contributed by atoms with Crippen LogP contribution < -0.4 is 9.80 Å².